The quantitative estimate of drug-likeness (QED) is 0.829. The van der Waals surface area contributed by atoms with E-state index in [0.717, 1.165) is 36.9 Å². The predicted octanol–water partition coefficient (Wildman–Crippen LogP) is 1.65. The lowest BCUT2D eigenvalue weighted by Gasteiger charge is -2.36. The number of anilines is 1. The maximum Gasteiger partial charge on any atom is 0.231 e. The molecule has 0 aliphatic carbocycles. The highest BCUT2D eigenvalue weighted by atomic mass is 32.2. The van der Waals surface area contributed by atoms with Crippen molar-refractivity contribution < 1.29 is 17.9 Å². The first-order valence-corrected chi connectivity index (χ1v) is 10.2. The molecule has 1 aromatic carbocycles. The fourth-order valence-electron chi connectivity index (χ4n) is 3.67. The second-order valence-electron chi connectivity index (χ2n) is 6.52. The van der Waals surface area contributed by atoms with Crippen LogP contribution in [0.25, 0.3) is 0 Å². The Morgan fingerprint density at radius 3 is 2.75 bits per heavy atom. The fraction of sp³-hybridized carbons (Fsp3) is 0.588. The average molecular weight is 352 g/mol. The van der Waals surface area contributed by atoms with E-state index in [1.165, 1.54) is 10.6 Å². The van der Waals surface area contributed by atoms with Crippen LogP contribution in [0.15, 0.2) is 18.2 Å². The molecule has 0 unspecified atom stereocenters. The van der Waals surface area contributed by atoms with E-state index in [1.807, 2.05) is 18.2 Å². The highest BCUT2D eigenvalue weighted by Gasteiger charge is 2.35. The molecule has 1 saturated heterocycles. The van der Waals surface area contributed by atoms with Gasteiger partial charge >= 0.3 is 0 Å². The van der Waals surface area contributed by atoms with Gasteiger partial charge in [-0.2, -0.15) is 0 Å². The maximum atomic E-state index is 13.1. The van der Waals surface area contributed by atoms with Gasteiger partial charge < -0.3 is 9.64 Å². The van der Waals surface area contributed by atoms with E-state index in [0.29, 0.717) is 18.8 Å². The van der Waals surface area contributed by atoms with E-state index in [1.54, 1.807) is 12.0 Å². The van der Waals surface area contributed by atoms with Crippen LogP contribution in [0.1, 0.15) is 24.8 Å². The smallest absolute Gasteiger partial charge is 0.231 e. The number of fused-ring (bicyclic) bond motifs is 1. The van der Waals surface area contributed by atoms with E-state index in [2.05, 4.69) is 0 Å². The number of aryl methyl sites for hydroxylation is 1. The zero-order valence-electron chi connectivity index (χ0n) is 14.2. The summed E-state index contributed by atoms with van der Waals surface area (Å²) in [6.45, 7) is 1.43. The minimum Gasteiger partial charge on any atom is -0.495 e. The van der Waals surface area contributed by atoms with Gasteiger partial charge in [-0.05, 0) is 37.3 Å². The summed E-state index contributed by atoms with van der Waals surface area (Å²) in [5, 5.41) is 0. The highest BCUT2D eigenvalue weighted by molar-refractivity contribution is 7.88. The van der Waals surface area contributed by atoms with E-state index in [9.17, 15) is 13.2 Å². The van der Waals surface area contributed by atoms with Crippen LogP contribution in [-0.2, 0) is 21.2 Å². The van der Waals surface area contributed by atoms with Gasteiger partial charge in [0.2, 0.25) is 15.9 Å². The number of amides is 1. The van der Waals surface area contributed by atoms with Gasteiger partial charge in [-0.25, -0.2) is 12.7 Å². The van der Waals surface area contributed by atoms with Crippen molar-refractivity contribution in [1.29, 1.82) is 0 Å². The Bertz CT molecular complexity index is 718. The van der Waals surface area contributed by atoms with Crippen molar-refractivity contribution in [3.8, 4) is 5.75 Å². The van der Waals surface area contributed by atoms with E-state index in [-0.39, 0.29) is 18.4 Å². The molecule has 0 aromatic heterocycles. The molecule has 132 valence electrons. The number of ether oxygens (including phenoxy) is 1. The summed E-state index contributed by atoms with van der Waals surface area (Å²) in [7, 11) is -1.65. The van der Waals surface area contributed by atoms with Crippen LogP contribution in [0.4, 0.5) is 5.69 Å². The Kier molecular flexibility index (Phi) is 4.83. The first-order chi connectivity index (χ1) is 11.4. The summed E-state index contributed by atoms with van der Waals surface area (Å²) >= 11 is 0. The lowest BCUT2D eigenvalue weighted by molar-refractivity contribution is -0.123. The van der Waals surface area contributed by atoms with Gasteiger partial charge in [0.1, 0.15) is 5.75 Å². The number of hydrogen-bond donors (Lipinski definition) is 0. The number of benzene rings is 1. The molecule has 0 radical (unpaired) electrons. The number of carbonyl (C=O) groups excluding carboxylic acids is 1. The molecule has 1 atom stereocenters. The number of sulfonamides is 1. The van der Waals surface area contributed by atoms with Crippen LogP contribution in [0.3, 0.4) is 0 Å². The molecule has 24 heavy (non-hydrogen) atoms. The minimum atomic E-state index is -3.26. The second-order valence-corrected chi connectivity index (χ2v) is 8.50. The molecule has 1 fully saturated rings. The summed E-state index contributed by atoms with van der Waals surface area (Å²) in [4.78, 5) is 14.9. The Labute approximate surface area is 143 Å². The van der Waals surface area contributed by atoms with E-state index >= 15 is 0 Å². The maximum absolute atomic E-state index is 13.1. The lowest BCUT2D eigenvalue weighted by atomic mass is 9.94. The van der Waals surface area contributed by atoms with Crippen LogP contribution in [0.2, 0.25) is 0 Å². The molecule has 6 nitrogen and oxygen atoms in total. The van der Waals surface area contributed by atoms with Gasteiger partial charge in [0.25, 0.3) is 0 Å². The predicted molar refractivity (Wildman–Crippen MR) is 92.8 cm³/mol. The van der Waals surface area contributed by atoms with Crippen molar-refractivity contribution in [2.75, 3.05) is 37.9 Å². The monoisotopic (exact) mass is 352 g/mol. The Morgan fingerprint density at radius 2 is 2.04 bits per heavy atom. The first kappa shape index (κ1) is 17.2. The summed E-state index contributed by atoms with van der Waals surface area (Å²) < 4.78 is 30.5. The lowest BCUT2D eigenvalue weighted by Crippen LogP contribution is -2.47. The number of rotatable bonds is 3. The number of para-hydroxylation sites is 1. The Balaban J connectivity index is 1.87. The summed E-state index contributed by atoms with van der Waals surface area (Å²) in [5.74, 6) is 0.425. The van der Waals surface area contributed by atoms with Gasteiger partial charge in [-0.1, -0.05) is 12.1 Å². The molecular formula is C17H24N2O4S. The van der Waals surface area contributed by atoms with Crippen LogP contribution in [-0.4, -0.2) is 51.6 Å². The van der Waals surface area contributed by atoms with Crippen molar-refractivity contribution in [2.24, 2.45) is 5.92 Å². The average Bonchev–Trinajstić information content (AvgIpc) is 2.59. The van der Waals surface area contributed by atoms with Gasteiger partial charge in [-0.15, -0.1) is 0 Å². The minimum absolute atomic E-state index is 0.00815. The molecular weight excluding hydrogens is 328 g/mol. The molecule has 2 aliphatic rings. The number of carbonyl (C=O) groups is 1. The molecule has 1 amide bonds. The number of piperidine rings is 1. The van der Waals surface area contributed by atoms with Gasteiger partial charge in [0.15, 0.2) is 0 Å². The summed E-state index contributed by atoms with van der Waals surface area (Å²) in [6, 6.07) is 5.84. The molecule has 3 rings (SSSR count). The van der Waals surface area contributed by atoms with Crippen molar-refractivity contribution in [3.05, 3.63) is 23.8 Å². The Morgan fingerprint density at radius 1 is 1.25 bits per heavy atom. The molecule has 0 bridgehead atoms. The van der Waals surface area contributed by atoms with Crippen LogP contribution < -0.4 is 9.64 Å². The third kappa shape index (κ3) is 3.28. The number of hydrogen-bond acceptors (Lipinski definition) is 4. The zero-order valence-corrected chi connectivity index (χ0v) is 15.0. The normalized spacial score (nSPS) is 22.1. The molecule has 2 aliphatic heterocycles. The second kappa shape index (κ2) is 6.72. The molecule has 0 saturated carbocycles. The molecule has 2 heterocycles. The Hall–Kier alpha value is -1.60. The summed E-state index contributed by atoms with van der Waals surface area (Å²) in [5.41, 5.74) is 1.97. The van der Waals surface area contributed by atoms with Gasteiger partial charge in [0, 0.05) is 19.6 Å². The van der Waals surface area contributed by atoms with Crippen molar-refractivity contribution >= 4 is 21.6 Å². The van der Waals surface area contributed by atoms with Crippen LogP contribution in [0, 0.1) is 5.92 Å². The van der Waals surface area contributed by atoms with E-state index < -0.39 is 10.0 Å². The molecule has 7 heteroatoms. The van der Waals surface area contributed by atoms with Gasteiger partial charge in [-0.3, -0.25) is 4.79 Å². The topological polar surface area (TPSA) is 66.9 Å². The van der Waals surface area contributed by atoms with Crippen LogP contribution >= 0.6 is 0 Å². The number of nitrogens with zero attached hydrogens (tertiary/aromatic N) is 2. The molecule has 0 N–H and O–H groups in total. The third-order valence-corrected chi connectivity index (χ3v) is 6.14. The van der Waals surface area contributed by atoms with E-state index in [4.69, 9.17) is 4.74 Å². The standard InChI is InChI=1S/C17H24N2O4S/c1-23-15-9-3-6-13-7-5-11-19(16(13)15)17(20)14-8-4-10-18(12-14)24(2,21)22/h3,6,9,14H,4-5,7-8,10-12H2,1-2H3/t14-/m0/s1. The van der Waals surface area contributed by atoms with Crippen LogP contribution in [0.5, 0.6) is 5.75 Å². The van der Waals surface area contributed by atoms with Crippen molar-refractivity contribution in [2.45, 2.75) is 25.7 Å². The summed E-state index contributed by atoms with van der Waals surface area (Å²) in [6.07, 6.45) is 4.49. The zero-order chi connectivity index (χ0) is 17.3. The SMILES string of the molecule is COc1cccc2c1N(C(=O)[C@H]1CCCN(S(C)(=O)=O)C1)CCC2. The van der Waals surface area contributed by atoms with Gasteiger partial charge in [0.05, 0.1) is 25.0 Å². The largest absolute Gasteiger partial charge is 0.495 e. The van der Waals surface area contributed by atoms with Crippen molar-refractivity contribution in [1.82, 2.24) is 4.31 Å². The van der Waals surface area contributed by atoms with Crippen molar-refractivity contribution in [3.63, 3.8) is 0 Å². The molecule has 1 aromatic rings. The third-order valence-electron chi connectivity index (χ3n) is 4.87. The highest BCUT2D eigenvalue weighted by Crippen LogP contribution is 2.37. The first-order valence-electron chi connectivity index (χ1n) is 8.34. The number of methoxy groups -OCH3 is 1. The fourth-order valence-corrected chi connectivity index (χ4v) is 4.58. The molecule has 0 spiro atoms.